The van der Waals surface area contributed by atoms with E-state index in [4.69, 9.17) is 19.3 Å². The summed E-state index contributed by atoms with van der Waals surface area (Å²) in [7, 11) is 0. The first-order chi connectivity index (χ1) is 14.8. The van der Waals surface area contributed by atoms with Crippen LogP contribution in [0.5, 0.6) is 5.75 Å². The fraction of sp³-hybridized carbons (Fsp3) is 0.500. The van der Waals surface area contributed by atoms with E-state index in [0.29, 0.717) is 12.0 Å². The summed E-state index contributed by atoms with van der Waals surface area (Å²) in [6.07, 6.45) is -2.46. The van der Waals surface area contributed by atoms with Crippen LogP contribution in [0, 0.1) is 0 Å². The number of hydrogen-bond acceptors (Lipinski definition) is 8. The van der Waals surface area contributed by atoms with Crippen LogP contribution >= 0.6 is 0 Å². The molecule has 1 aliphatic rings. The number of benzene rings is 1. The molecule has 31 heavy (non-hydrogen) atoms. The third-order valence-electron chi connectivity index (χ3n) is 4.39. The zero-order chi connectivity index (χ0) is 22.8. The van der Waals surface area contributed by atoms with Gasteiger partial charge < -0.3 is 35.1 Å². The molecule has 0 radical (unpaired) electrons. The molecule has 0 aliphatic carbocycles. The first-order valence-corrected chi connectivity index (χ1v) is 9.80. The quantitative estimate of drug-likeness (QED) is 0.220. The van der Waals surface area contributed by atoms with E-state index < -0.39 is 30.4 Å². The number of nitrogens with one attached hydrogen (secondary N) is 2. The topological polar surface area (TPSA) is 160 Å². The molecule has 1 saturated heterocycles. The van der Waals surface area contributed by atoms with E-state index >= 15 is 0 Å². The molecule has 1 aromatic carbocycles. The maximum Gasteiger partial charge on any atom is 0.333 e. The highest BCUT2D eigenvalue weighted by atomic mass is 16.7. The molecule has 170 valence electrons. The molecule has 0 spiro atoms. The Balaban J connectivity index is 2.16. The van der Waals surface area contributed by atoms with Crippen molar-refractivity contribution in [3.05, 3.63) is 23.8 Å². The van der Waals surface area contributed by atoms with Gasteiger partial charge in [-0.25, -0.2) is 4.79 Å². The van der Waals surface area contributed by atoms with E-state index in [1.165, 1.54) is 6.07 Å². The highest BCUT2D eigenvalue weighted by molar-refractivity contribution is 5.92. The van der Waals surface area contributed by atoms with Gasteiger partial charge in [-0.05, 0) is 17.7 Å². The van der Waals surface area contributed by atoms with Crippen LogP contribution in [-0.2, 0) is 35.3 Å². The summed E-state index contributed by atoms with van der Waals surface area (Å²) in [6.45, 7) is 1.79. The van der Waals surface area contributed by atoms with E-state index in [2.05, 4.69) is 10.6 Å². The lowest BCUT2D eigenvalue weighted by Crippen LogP contribution is -2.42. The summed E-state index contributed by atoms with van der Waals surface area (Å²) < 4.78 is 16.2. The summed E-state index contributed by atoms with van der Waals surface area (Å²) in [5.41, 5.74) is 0.833. The van der Waals surface area contributed by atoms with Crippen LogP contribution in [0.3, 0.4) is 0 Å². The van der Waals surface area contributed by atoms with Gasteiger partial charge >= 0.3 is 11.9 Å². The zero-order valence-electron chi connectivity index (χ0n) is 17.0. The van der Waals surface area contributed by atoms with Gasteiger partial charge in [0.15, 0.2) is 6.10 Å². The van der Waals surface area contributed by atoms with Crippen molar-refractivity contribution in [1.82, 2.24) is 5.32 Å². The zero-order valence-corrected chi connectivity index (χ0v) is 17.0. The van der Waals surface area contributed by atoms with Gasteiger partial charge in [0.25, 0.3) is 0 Å². The lowest BCUT2D eigenvalue weighted by molar-refractivity contribution is -0.195. The number of aliphatic hydroxyl groups is 1. The monoisotopic (exact) mass is 438 g/mol. The highest BCUT2D eigenvalue weighted by Gasteiger charge is 2.34. The van der Waals surface area contributed by atoms with Crippen molar-refractivity contribution in [2.24, 2.45) is 0 Å². The molecule has 0 bridgehead atoms. The number of carboxylic acids is 1. The molecule has 3 unspecified atom stereocenters. The Bertz CT molecular complexity index is 799. The number of amides is 2. The Morgan fingerprint density at radius 3 is 2.74 bits per heavy atom. The number of carbonyl (C=O) groups is 4. The van der Waals surface area contributed by atoms with Gasteiger partial charge in [-0.15, -0.1) is 0 Å². The molecule has 4 N–H and O–H groups in total. The van der Waals surface area contributed by atoms with E-state index in [1.807, 2.05) is 0 Å². The van der Waals surface area contributed by atoms with E-state index in [-0.39, 0.29) is 56.2 Å². The van der Waals surface area contributed by atoms with E-state index in [1.54, 1.807) is 19.1 Å². The number of esters is 1. The van der Waals surface area contributed by atoms with E-state index in [9.17, 15) is 24.3 Å². The van der Waals surface area contributed by atoms with Gasteiger partial charge in [0.1, 0.15) is 12.4 Å². The lowest BCUT2D eigenvalue weighted by Gasteiger charge is -2.31. The van der Waals surface area contributed by atoms with Crippen molar-refractivity contribution in [3.8, 4) is 5.75 Å². The molecule has 0 saturated carbocycles. The molecule has 1 aromatic rings. The van der Waals surface area contributed by atoms with Crippen molar-refractivity contribution in [2.45, 2.75) is 57.7 Å². The maximum absolute atomic E-state index is 12.2. The van der Waals surface area contributed by atoms with Gasteiger partial charge in [-0.1, -0.05) is 13.0 Å². The largest absolute Gasteiger partial charge is 0.479 e. The Kier molecular flexibility index (Phi) is 9.22. The number of anilines is 1. The maximum atomic E-state index is 12.2. The fourth-order valence-corrected chi connectivity index (χ4v) is 2.83. The fourth-order valence-electron chi connectivity index (χ4n) is 2.83. The molecule has 0 aromatic heterocycles. The number of aliphatic carboxylic acids is 1. The second-order valence-electron chi connectivity index (χ2n) is 6.85. The second-order valence-corrected chi connectivity index (χ2v) is 6.85. The number of carboxylic acid groups (broad SMARTS) is 1. The summed E-state index contributed by atoms with van der Waals surface area (Å²) in [4.78, 5) is 45.1. The van der Waals surface area contributed by atoms with Crippen LogP contribution in [0.25, 0.3) is 0 Å². The first-order valence-electron chi connectivity index (χ1n) is 9.80. The molecule has 1 heterocycles. The molecule has 2 rings (SSSR count). The predicted molar refractivity (Wildman–Crippen MR) is 106 cm³/mol. The van der Waals surface area contributed by atoms with Crippen LogP contribution in [-0.4, -0.2) is 59.5 Å². The minimum Gasteiger partial charge on any atom is -0.479 e. The number of aliphatic hydroxyl groups excluding tert-OH is 1. The molecular weight excluding hydrogens is 412 g/mol. The smallest absolute Gasteiger partial charge is 0.333 e. The molecule has 2 amide bonds. The standard InChI is InChI=1S/C20H26N2O9/c1-2-18(26)29-10-12-3-4-15(14(7-12)22-17(25)5-6-21-11-23)30-19-9-13(24)8-16(31-19)20(27)28/h3-4,7,11,13,16,19,24H,2,5-6,8-10H2,1H3,(H,21,23)(H,22,25)(H,27,28). The third kappa shape index (κ3) is 7.87. The summed E-state index contributed by atoms with van der Waals surface area (Å²) in [5, 5.41) is 24.1. The summed E-state index contributed by atoms with van der Waals surface area (Å²) in [6, 6.07) is 4.70. The van der Waals surface area contributed by atoms with Crippen LogP contribution < -0.4 is 15.4 Å². The van der Waals surface area contributed by atoms with Gasteiger partial charge in [0.2, 0.25) is 18.6 Å². The first kappa shape index (κ1) is 24.1. The van der Waals surface area contributed by atoms with Crippen LogP contribution in [0.4, 0.5) is 5.69 Å². The normalized spacial score (nSPS) is 20.4. The third-order valence-corrected chi connectivity index (χ3v) is 4.39. The molecule has 1 aliphatic heterocycles. The number of rotatable bonds is 11. The Morgan fingerprint density at radius 2 is 2.06 bits per heavy atom. The summed E-state index contributed by atoms with van der Waals surface area (Å²) in [5.74, 6) is -1.81. The SMILES string of the molecule is CCC(=O)OCc1ccc(OC2CC(O)CC(C(=O)O)O2)c(NC(=O)CCNC=O)c1. The van der Waals surface area contributed by atoms with Crippen LogP contribution in [0.2, 0.25) is 0 Å². The second kappa shape index (κ2) is 11.9. The van der Waals surface area contributed by atoms with Crippen molar-refractivity contribution in [2.75, 3.05) is 11.9 Å². The molecule has 1 fully saturated rings. The minimum atomic E-state index is -1.21. The minimum absolute atomic E-state index is 0.00690. The number of hydrogen-bond donors (Lipinski definition) is 4. The van der Waals surface area contributed by atoms with Gasteiger partial charge in [0, 0.05) is 32.2 Å². The van der Waals surface area contributed by atoms with Crippen LogP contribution in [0.15, 0.2) is 18.2 Å². The van der Waals surface area contributed by atoms with Crippen molar-refractivity contribution < 1.29 is 43.6 Å². The summed E-state index contributed by atoms with van der Waals surface area (Å²) >= 11 is 0. The lowest BCUT2D eigenvalue weighted by atomic mass is 10.1. The molecule has 11 nitrogen and oxygen atoms in total. The van der Waals surface area contributed by atoms with Crippen molar-refractivity contribution in [3.63, 3.8) is 0 Å². The predicted octanol–water partition coefficient (Wildman–Crippen LogP) is 0.544. The van der Waals surface area contributed by atoms with Gasteiger partial charge in [-0.2, -0.15) is 0 Å². The number of ether oxygens (including phenoxy) is 3. The molecular formula is C20H26N2O9. The highest BCUT2D eigenvalue weighted by Crippen LogP contribution is 2.30. The average Bonchev–Trinajstić information content (AvgIpc) is 2.73. The molecule has 11 heteroatoms. The van der Waals surface area contributed by atoms with Gasteiger partial charge in [-0.3, -0.25) is 14.4 Å². The molecule has 3 atom stereocenters. The number of carbonyl (C=O) groups excluding carboxylic acids is 3. The van der Waals surface area contributed by atoms with Gasteiger partial charge in [0.05, 0.1) is 11.8 Å². The Labute approximate surface area is 178 Å². The van der Waals surface area contributed by atoms with Crippen molar-refractivity contribution in [1.29, 1.82) is 0 Å². The van der Waals surface area contributed by atoms with Crippen LogP contribution in [0.1, 0.15) is 38.2 Å². The Morgan fingerprint density at radius 1 is 1.29 bits per heavy atom. The van der Waals surface area contributed by atoms with E-state index in [0.717, 1.165) is 0 Å². The Hall–Kier alpha value is -3.18. The van der Waals surface area contributed by atoms with Crippen molar-refractivity contribution >= 4 is 29.9 Å². The average molecular weight is 438 g/mol.